The summed E-state index contributed by atoms with van der Waals surface area (Å²) < 4.78 is 0. The molecule has 116 valence electrons. The van der Waals surface area contributed by atoms with Gasteiger partial charge < -0.3 is 11.1 Å². The molecule has 2 heteroatoms. The molecule has 0 aromatic heterocycles. The molecule has 1 saturated heterocycles. The summed E-state index contributed by atoms with van der Waals surface area (Å²) in [4.78, 5) is 0. The van der Waals surface area contributed by atoms with Gasteiger partial charge >= 0.3 is 0 Å². The molecule has 0 radical (unpaired) electrons. The molecule has 0 amide bonds. The van der Waals surface area contributed by atoms with Gasteiger partial charge in [0.15, 0.2) is 0 Å². The van der Waals surface area contributed by atoms with Crippen molar-refractivity contribution in [3.05, 3.63) is 29.8 Å². The van der Waals surface area contributed by atoms with Crippen molar-refractivity contribution in [2.45, 2.75) is 51.9 Å². The molecule has 1 aliphatic carbocycles. The summed E-state index contributed by atoms with van der Waals surface area (Å²) >= 11 is 0. The first-order chi connectivity index (χ1) is 10.2. The number of unbranched alkanes of at least 4 members (excludes halogenated alkanes) is 2. The van der Waals surface area contributed by atoms with Crippen molar-refractivity contribution in [1.82, 2.24) is 5.32 Å². The first kappa shape index (κ1) is 14.9. The highest BCUT2D eigenvalue weighted by molar-refractivity contribution is 5.46. The van der Waals surface area contributed by atoms with Crippen LogP contribution in [0.5, 0.6) is 0 Å². The third-order valence-electron chi connectivity index (χ3n) is 6.04. The van der Waals surface area contributed by atoms with Gasteiger partial charge in [-0.2, -0.15) is 0 Å². The number of nitrogens with two attached hydrogens (primary N) is 1. The number of piperidine rings is 1. The molecule has 2 aliphatic rings. The summed E-state index contributed by atoms with van der Waals surface area (Å²) in [7, 11) is 0. The van der Waals surface area contributed by atoms with Crippen molar-refractivity contribution in [1.29, 1.82) is 0 Å². The number of nitrogen functional groups attached to an aromatic ring is 1. The molecule has 4 atom stereocenters. The van der Waals surface area contributed by atoms with Gasteiger partial charge in [0.1, 0.15) is 0 Å². The van der Waals surface area contributed by atoms with Gasteiger partial charge in [-0.15, -0.1) is 0 Å². The molecule has 1 aromatic carbocycles. The number of hydrogen-bond donors (Lipinski definition) is 2. The maximum Gasteiger partial charge on any atom is 0.0316 e. The van der Waals surface area contributed by atoms with E-state index >= 15 is 0 Å². The Labute approximate surface area is 129 Å². The van der Waals surface area contributed by atoms with E-state index in [1.807, 2.05) is 6.07 Å². The molecule has 1 heterocycles. The largest absolute Gasteiger partial charge is 0.399 e. The molecule has 1 aromatic rings. The first-order valence-electron chi connectivity index (χ1n) is 8.80. The van der Waals surface area contributed by atoms with Crippen LogP contribution in [-0.2, 0) is 0 Å². The molecule has 1 aliphatic heterocycles. The van der Waals surface area contributed by atoms with E-state index in [0.29, 0.717) is 5.41 Å². The highest BCUT2D eigenvalue weighted by atomic mass is 15.0. The Bertz CT molecular complexity index is 484. The van der Waals surface area contributed by atoms with E-state index in [2.05, 4.69) is 37.4 Å². The molecule has 4 unspecified atom stereocenters. The average molecular weight is 286 g/mol. The minimum Gasteiger partial charge on any atom is -0.399 e. The lowest BCUT2D eigenvalue weighted by atomic mass is 9.79. The molecule has 0 bridgehead atoms. The minimum absolute atomic E-state index is 0.524. The van der Waals surface area contributed by atoms with Gasteiger partial charge in [0.05, 0.1) is 0 Å². The third-order valence-corrected chi connectivity index (χ3v) is 6.04. The normalized spacial score (nSPS) is 31.9. The van der Waals surface area contributed by atoms with Crippen molar-refractivity contribution in [2.75, 3.05) is 18.8 Å². The molecule has 3 N–H and O–H groups in total. The van der Waals surface area contributed by atoms with Crippen LogP contribution < -0.4 is 11.1 Å². The summed E-state index contributed by atoms with van der Waals surface area (Å²) in [5.74, 6) is 2.45. The van der Waals surface area contributed by atoms with E-state index in [9.17, 15) is 0 Å². The van der Waals surface area contributed by atoms with E-state index in [4.69, 9.17) is 5.73 Å². The van der Waals surface area contributed by atoms with Gasteiger partial charge in [0.25, 0.3) is 0 Å². The molecule has 21 heavy (non-hydrogen) atoms. The van der Waals surface area contributed by atoms with Crippen LogP contribution >= 0.6 is 0 Å². The Balaban J connectivity index is 1.78. The average Bonchev–Trinajstić information content (AvgIpc) is 2.92. The number of benzene rings is 1. The standard InChI is InChI=1S/C19H30N2/c1-3-5-6-9-15(4-2)19-13-21-12-17(19)18(19)14-8-7-10-16(20)11-14/h7-8,10-11,15,17-18,21H,3-6,9,12-13,20H2,1-2H3. The highest BCUT2D eigenvalue weighted by Gasteiger charge is 2.69. The monoisotopic (exact) mass is 286 g/mol. The number of fused-ring (bicyclic) bond motifs is 1. The quantitative estimate of drug-likeness (QED) is 0.583. The second-order valence-electron chi connectivity index (χ2n) is 7.10. The maximum absolute atomic E-state index is 6.01. The lowest BCUT2D eigenvalue weighted by Gasteiger charge is -2.26. The smallest absolute Gasteiger partial charge is 0.0316 e. The number of hydrogen-bond acceptors (Lipinski definition) is 2. The van der Waals surface area contributed by atoms with Crippen molar-refractivity contribution in [3.63, 3.8) is 0 Å². The summed E-state index contributed by atoms with van der Waals surface area (Å²) in [6, 6.07) is 8.63. The highest BCUT2D eigenvalue weighted by Crippen LogP contribution is 2.71. The van der Waals surface area contributed by atoms with E-state index in [1.54, 1.807) is 0 Å². The molecule has 2 nitrogen and oxygen atoms in total. The number of rotatable bonds is 7. The maximum atomic E-state index is 6.01. The summed E-state index contributed by atoms with van der Waals surface area (Å²) in [6.45, 7) is 7.09. The summed E-state index contributed by atoms with van der Waals surface area (Å²) in [6.07, 6.45) is 6.83. The Morgan fingerprint density at radius 1 is 1.33 bits per heavy atom. The predicted molar refractivity (Wildman–Crippen MR) is 90.3 cm³/mol. The SMILES string of the molecule is CCCCCC(CC)C12CNCC1C2c1cccc(N)c1. The first-order valence-corrected chi connectivity index (χ1v) is 8.80. The van der Waals surface area contributed by atoms with Crippen LogP contribution in [0.4, 0.5) is 5.69 Å². The molecular weight excluding hydrogens is 256 g/mol. The Hall–Kier alpha value is -1.02. The minimum atomic E-state index is 0.524. The van der Waals surface area contributed by atoms with Crippen LogP contribution in [0.25, 0.3) is 0 Å². The molecule has 2 fully saturated rings. The van der Waals surface area contributed by atoms with Gasteiger partial charge in [-0.05, 0) is 53.8 Å². The predicted octanol–water partition coefficient (Wildman–Crippen LogP) is 4.18. The molecular formula is C19H30N2. The molecule has 0 spiro atoms. The Kier molecular flexibility index (Phi) is 4.26. The van der Waals surface area contributed by atoms with Crippen molar-refractivity contribution < 1.29 is 0 Å². The van der Waals surface area contributed by atoms with E-state index in [0.717, 1.165) is 23.4 Å². The van der Waals surface area contributed by atoms with Gasteiger partial charge in [0.2, 0.25) is 0 Å². The van der Waals surface area contributed by atoms with Gasteiger partial charge in [-0.25, -0.2) is 0 Å². The summed E-state index contributed by atoms with van der Waals surface area (Å²) in [5, 5.41) is 3.65. The zero-order chi connectivity index (χ0) is 14.9. The van der Waals surface area contributed by atoms with Crippen molar-refractivity contribution in [3.8, 4) is 0 Å². The summed E-state index contributed by atoms with van der Waals surface area (Å²) in [5.41, 5.74) is 8.93. The van der Waals surface area contributed by atoms with Gasteiger partial charge in [-0.3, -0.25) is 0 Å². The van der Waals surface area contributed by atoms with Crippen molar-refractivity contribution >= 4 is 5.69 Å². The van der Waals surface area contributed by atoms with Crippen LogP contribution in [-0.4, -0.2) is 13.1 Å². The zero-order valence-electron chi connectivity index (χ0n) is 13.6. The Morgan fingerprint density at radius 3 is 2.90 bits per heavy atom. The van der Waals surface area contributed by atoms with Crippen LogP contribution in [0.1, 0.15) is 57.4 Å². The lowest BCUT2D eigenvalue weighted by Crippen LogP contribution is -2.26. The fourth-order valence-corrected chi connectivity index (χ4v) is 5.02. The van der Waals surface area contributed by atoms with Crippen molar-refractivity contribution in [2.24, 2.45) is 17.3 Å². The van der Waals surface area contributed by atoms with Gasteiger partial charge in [-0.1, -0.05) is 51.7 Å². The van der Waals surface area contributed by atoms with Crippen LogP contribution in [0.15, 0.2) is 24.3 Å². The number of nitrogens with one attached hydrogen (secondary N) is 1. The second-order valence-corrected chi connectivity index (χ2v) is 7.10. The van der Waals surface area contributed by atoms with Crippen LogP contribution in [0.2, 0.25) is 0 Å². The third kappa shape index (κ3) is 2.48. The number of anilines is 1. The topological polar surface area (TPSA) is 38.0 Å². The Morgan fingerprint density at radius 2 is 2.19 bits per heavy atom. The second kappa shape index (κ2) is 6.00. The van der Waals surface area contributed by atoms with E-state index in [-0.39, 0.29) is 0 Å². The van der Waals surface area contributed by atoms with Gasteiger partial charge in [0, 0.05) is 12.2 Å². The molecule has 1 saturated carbocycles. The zero-order valence-corrected chi connectivity index (χ0v) is 13.6. The fraction of sp³-hybridized carbons (Fsp3) is 0.684. The van der Waals surface area contributed by atoms with Crippen LogP contribution in [0, 0.1) is 17.3 Å². The lowest BCUT2D eigenvalue weighted by molar-refractivity contribution is 0.266. The fourth-order valence-electron chi connectivity index (χ4n) is 5.02. The van der Waals surface area contributed by atoms with E-state index in [1.165, 1.54) is 50.8 Å². The molecule has 3 rings (SSSR count). The van der Waals surface area contributed by atoms with E-state index < -0.39 is 0 Å². The van der Waals surface area contributed by atoms with Crippen LogP contribution in [0.3, 0.4) is 0 Å².